The van der Waals surface area contributed by atoms with Crippen LogP contribution in [-0.2, 0) is 0 Å². The number of hydrogen-bond donors (Lipinski definition) is 4. The highest BCUT2D eigenvalue weighted by atomic mass is 16.3. The first-order valence-electron chi connectivity index (χ1n) is 13.6. The maximum Gasteiger partial charge on any atom is 0.233 e. The molecule has 2 aromatic carbocycles. The second kappa shape index (κ2) is 14.5. The van der Waals surface area contributed by atoms with Gasteiger partial charge in [-0.1, -0.05) is 33.8 Å². The number of nitrogens with zero attached hydrogens (tertiary/aromatic N) is 5. The number of aromatic hydroxyl groups is 1. The summed E-state index contributed by atoms with van der Waals surface area (Å²) in [7, 11) is 0. The Hall–Kier alpha value is -3.17. The predicted octanol–water partition coefficient (Wildman–Crippen LogP) is 5.07. The summed E-state index contributed by atoms with van der Waals surface area (Å²) < 4.78 is 0. The van der Waals surface area contributed by atoms with Crippen LogP contribution in [0.3, 0.4) is 0 Å². The number of benzene rings is 2. The topological polar surface area (TPSA) is 101 Å². The fourth-order valence-corrected chi connectivity index (χ4v) is 4.38. The third-order valence-electron chi connectivity index (χ3n) is 6.62. The zero-order valence-corrected chi connectivity index (χ0v) is 23.1. The quantitative estimate of drug-likeness (QED) is 0.198. The van der Waals surface area contributed by atoms with E-state index in [9.17, 15) is 5.11 Å². The fourth-order valence-electron chi connectivity index (χ4n) is 4.38. The summed E-state index contributed by atoms with van der Waals surface area (Å²) in [6.07, 6.45) is 2.02. The molecule has 0 aliphatic heterocycles. The molecule has 0 spiro atoms. The van der Waals surface area contributed by atoms with Crippen molar-refractivity contribution in [1.29, 1.82) is 0 Å². The van der Waals surface area contributed by atoms with Gasteiger partial charge in [0.05, 0.1) is 0 Å². The van der Waals surface area contributed by atoms with Crippen molar-refractivity contribution in [3.05, 3.63) is 35.9 Å². The molecule has 4 N–H and O–H groups in total. The molecule has 0 bridgehead atoms. The minimum absolute atomic E-state index is 0.286. The molecule has 3 rings (SSSR count). The van der Waals surface area contributed by atoms with Crippen LogP contribution >= 0.6 is 0 Å². The third kappa shape index (κ3) is 8.72. The third-order valence-corrected chi connectivity index (χ3v) is 6.62. The number of anilines is 4. The number of rotatable bonds is 16. The number of aromatic nitrogens is 3. The van der Waals surface area contributed by atoms with E-state index in [2.05, 4.69) is 74.5 Å². The number of hydrogen-bond acceptors (Lipinski definition) is 9. The van der Waals surface area contributed by atoms with E-state index in [-0.39, 0.29) is 5.75 Å². The van der Waals surface area contributed by atoms with Crippen molar-refractivity contribution in [2.75, 3.05) is 68.3 Å². The molecule has 0 unspecified atom stereocenters. The Labute approximate surface area is 221 Å². The van der Waals surface area contributed by atoms with Crippen molar-refractivity contribution in [3.63, 3.8) is 0 Å². The standard InChI is InChI=1S/C28H44N8O/c1-6-35(7-2)16-10-14-29-26-32-27(30-15-11-17-36(8-3)9-4)34-28(33-26)31-23-12-13-24-22(20-23)18-21(5)19-25(24)37/h12-13,18-20,37H,6-11,14-17H2,1-5H3,(H3,29,30,31,32,33,34). The SMILES string of the molecule is CCN(CC)CCCNc1nc(NCCCN(CC)CC)nc(Nc2ccc3c(O)cc(C)cc3c2)n1. The van der Waals surface area contributed by atoms with Gasteiger partial charge in [-0.2, -0.15) is 15.0 Å². The Morgan fingerprint density at radius 2 is 1.27 bits per heavy atom. The lowest BCUT2D eigenvalue weighted by Crippen LogP contribution is -2.26. The number of aryl methyl sites for hydroxylation is 1. The molecule has 0 saturated heterocycles. The molecule has 1 aromatic heterocycles. The summed E-state index contributed by atoms with van der Waals surface area (Å²) in [6.45, 7) is 18.6. The lowest BCUT2D eigenvalue weighted by atomic mass is 10.1. The van der Waals surface area contributed by atoms with E-state index in [0.717, 1.165) is 87.2 Å². The molecule has 9 heteroatoms. The second-order valence-electron chi connectivity index (χ2n) is 9.27. The zero-order valence-electron chi connectivity index (χ0n) is 23.1. The van der Waals surface area contributed by atoms with Gasteiger partial charge >= 0.3 is 0 Å². The van der Waals surface area contributed by atoms with E-state index in [1.54, 1.807) is 6.07 Å². The highest BCUT2D eigenvalue weighted by Gasteiger charge is 2.09. The minimum Gasteiger partial charge on any atom is -0.507 e. The fraction of sp³-hybridized carbons (Fsp3) is 0.536. The average Bonchev–Trinajstić information content (AvgIpc) is 2.88. The summed E-state index contributed by atoms with van der Waals surface area (Å²) in [5.74, 6) is 1.87. The molecule has 0 radical (unpaired) electrons. The maximum absolute atomic E-state index is 10.3. The number of nitrogens with one attached hydrogen (secondary N) is 3. The first kappa shape index (κ1) is 28.4. The van der Waals surface area contributed by atoms with Gasteiger partial charge in [0.15, 0.2) is 0 Å². The first-order chi connectivity index (χ1) is 17.9. The number of phenols is 1. The van der Waals surface area contributed by atoms with Gasteiger partial charge in [-0.05, 0) is 94.2 Å². The molecule has 0 saturated carbocycles. The Morgan fingerprint density at radius 3 is 1.81 bits per heavy atom. The van der Waals surface area contributed by atoms with Crippen molar-refractivity contribution >= 4 is 34.3 Å². The summed E-state index contributed by atoms with van der Waals surface area (Å²) in [5.41, 5.74) is 1.86. The lowest BCUT2D eigenvalue weighted by molar-refractivity contribution is 0.303. The van der Waals surface area contributed by atoms with E-state index in [4.69, 9.17) is 0 Å². The van der Waals surface area contributed by atoms with Crippen molar-refractivity contribution in [3.8, 4) is 5.75 Å². The van der Waals surface area contributed by atoms with Gasteiger partial charge in [-0.15, -0.1) is 0 Å². The molecule has 0 aliphatic carbocycles. The van der Waals surface area contributed by atoms with E-state index in [1.807, 2.05) is 25.1 Å². The molecule has 1 heterocycles. The van der Waals surface area contributed by atoms with Crippen molar-refractivity contribution in [2.45, 2.75) is 47.5 Å². The summed E-state index contributed by atoms with van der Waals surface area (Å²) >= 11 is 0. The van der Waals surface area contributed by atoms with Crippen LogP contribution < -0.4 is 16.0 Å². The molecule has 37 heavy (non-hydrogen) atoms. The molecule has 0 atom stereocenters. The molecule has 0 aliphatic rings. The molecule has 9 nitrogen and oxygen atoms in total. The highest BCUT2D eigenvalue weighted by molar-refractivity contribution is 5.91. The largest absolute Gasteiger partial charge is 0.507 e. The summed E-state index contributed by atoms with van der Waals surface area (Å²) in [5, 5.41) is 22.1. The maximum atomic E-state index is 10.3. The van der Waals surface area contributed by atoms with Crippen LogP contribution in [0.1, 0.15) is 46.1 Å². The number of phenolic OH excluding ortho intramolecular Hbond substituents is 1. The highest BCUT2D eigenvalue weighted by Crippen LogP contribution is 2.29. The number of fused-ring (bicyclic) bond motifs is 1. The van der Waals surface area contributed by atoms with Gasteiger partial charge in [0.25, 0.3) is 0 Å². The van der Waals surface area contributed by atoms with Gasteiger partial charge < -0.3 is 30.9 Å². The van der Waals surface area contributed by atoms with Crippen molar-refractivity contribution in [1.82, 2.24) is 24.8 Å². The van der Waals surface area contributed by atoms with Crippen LogP contribution in [0, 0.1) is 6.92 Å². The van der Waals surface area contributed by atoms with Gasteiger partial charge in [-0.25, -0.2) is 0 Å². The molecular weight excluding hydrogens is 464 g/mol. The van der Waals surface area contributed by atoms with Crippen LogP contribution in [0.15, 0.2) is 30.3 Å². The van der Waals surface area contributed by atoms with Crippen LogP contribution in [0.2, 0.25) is 0 Å². The van der Waals surface area contributed by atoms with Crippen molar-refractivity contribution < 1.29 is 5.11 Å². The van der Waals surface area contributed by atoms with Crippen LogP contribution in [0.5, 0.6) is 5.75 Å². The second-order valence-corrected chi connectivity index (χ2v) is 9.27. The Bertz CT molecular complexity index is 1080. The van der Waals surface area contributed by atoms with Gasteiger partial charge in [0, 0.05) is 24.2 Å². The van der Waals surface area contributed by atoms with Gasteiger partial charge in [0.2, 0.25) is 17.8 Å². The molecule has 202 valence electrons. The van der Waals surface area contributed by atoms with Gasteiger partial charge in [0.1, 0.15) is 5.75 Å². The predicted molar refractivity (Wildman–Crippen MR) is 155 cm³/mol. The average molecular weight is 509 g/mol. The van der Waals surface area contributed by atoms with E-state index < -0.39 is 0 Å². The van der Waals surface area contributed by atoms with Crippen LogP contribution in [0.4, 0.5) is 23.5 Å². The molecule has 0 amide bonds. The molecule has 0 fully saturated rings. The lowest BCUT2D eigenvalue weighted by Gasteiger charge is -2.18. The van der Waals surface area contributed by atoms with E-state index in [0.29, 0.717) is 17.8 Å². The van der Waals surface area contributed by atoms with Gasteiger partial charge in [-0.3, -0.25) is 0 Å². The first-order valence-corrected chi connectivity index (χ1v) is 13.6. The molecule has 3 aromatic rings. The zero-order chi connectivity index (χ0) is 26.6. The molecular formula is C28H44N8O. The van der Waals surface area contributed by atoms with Crippen molar-refractivity contribution in [2.24, 2.45) is 0 Å². The smallest absolute Gasteiger partial charge is 0.233 e. The normalized spacial score (nSPS) is 11.4. The Kier molecular flexibility index (Phi) is 11.2. The Balaban J connectivity index is 1.73. The Morgan fingerprint density at radius 1 is 0.730 bits per heavy atom. The van der Waals surface area contributed by atoms with E-state index in [1.165, 1.54) is 0 Å². The van der Waals surface area contributed by atoms with E-state index >= 15 is 0 Å². The summed E-state index contributed by atoms with van der Waals surface area (Å²) in [6, 6.07) is 9.67. The van der Waals surface area contributed by atoms with Crippen LogP contribution in [-0.4, -0.2) is 82.2 Å². The van der Waals surface area contributed by atoms with Crippen LogP contribution in [0.25, 0.3) is 10.8 Å². The summed E-state index contributed by atoms with van der Waals surface area (Å²) in [4.78, 5) is 18.7. The minimum atomic E-state index is 0.286. The monoisotopic (exact) mass is 508 g/mol.